The molecule has 0 saturated carbocycles. The summed E-state index contributed by atoms with van der Waals surface area (Å²) in [6.07, 6.45) is -0.126. The van der Waals surface area contributed by atoms with Gasteiger partial charge < -0.3 is 9.84 Å². The Kier molecular flexibility index (Phi) is 6.51. The van der Waals surface area contributed by atoms with Crippen molar-refractivity contribution >= 4 is 17.4 Å². The molecule has 0 radical (unpaired) electrons. The van der Waals surface area contributed by atoms with Crippen molar-refractivity contribution in [3.63, 3.8) is 0 Å². The van der Waals surface area contributed by atoms with Crippen LogP contribution in [0.15, 0.2) is 0 Å². The molecule has 1 atom stereocenters. The molecule has 4 heteroatoms. The predicted molar refractivity (Wildman–Crippen MR) is 42.8 cm³/mol. The first kappa shape index (κ1) is 10.9. The van der Waals surface area contributed by atoms with Gasteiger partial charge in [0.25, 0.3) is 0 Å². The van der Waals surface area contributed by atoms with E-state index < -0.39 is 0 Å². The normalized spacial score (nSPS) is 13.0. The number of hydrogen-bond donors (Lipinski definition) is 1. The second-order valence-corrected chi connectivity index (χ2v) is 2.65. The van der Waals surface area contributed by atoms with Crippen molar-refractivity contribution in [1.29, 1.82) is 0 Å². The smallest absolute Gasteiger partial charge is 0.132 e. The summed E-state index contributed by atoms with van der Waals surface area (Å²) < 4.78 is 5.05. The van der Waals surface area contributed by atoms with Crippen LogP contribution in [0.5, 0.6) is 0 Å². The summed E-state index contributed by atoms with van der Waals surface area (Å²) >= 11 is 5.35. The highest BCUT2D eigenvalue weighted by atomic mass is 35.5. The Bertz CT molecular complexity index is 116. The Morgan fingerprint density at radius 1 is 1.73 bits per heavy atom. The Morgan fingerprint density at radius 3 is 2.73 bits per heavy atom. The van der Waals surface area contributed by atoms with Crippen LogP contribution >= 0.6 is 11.6 Å². The number of aliphatic hydroxyl groups is 1. The number of hydrogen-bond acceptors (Lipinski definition) is 3. The molecule has 0 aromatic carbocycles. The van der Waals surface area contributed by atoms with Crippen molar-refractivity contribution in [1.82, 2.24) is 0 Å². The minimum absolute atomic E-state index is 0.0126. The highest BCUT2D eigenvalue weighted by Crippen LogP contribution is 1.98. The van der Waals surface area contributed by atoms with Crippen molar-refractivity contribution in [3.8, 4) is 0 Å². The Morgan fingerprint density at radius 2 is 2.36 bits per heavy atom. The van der Waals surface area contributed by atoms with E-state index in [2.05, 4.69) is 0 Å². The van der Waals surface area contributed by atoms with E-state index in [1.54, 1.807) is 0 Å². The molecule has 0 spiro atoms. The van der Waals surface area contributed by atoms with E-state index in [1.165, 1.54) is 6.92 Å². The molecule has 0 bridgehead atoms. The van der Waals surface area contributed by atoms with E-state index in [0.717, 1.165) is 0 Å². The Balaban J connectivity index is 3.49. The first-order valence-corrected chi connectivity index (χ1v) is 4.02. The van der Waals surface area contributed by atoms with Gasteiger partial charge in [-0.1, -0.05) is 0 Å². The maximum Gasteiger partial charge on any atom is 0.132 e. The van der Waals surface area contributed by atoms with Crippen molar-refractivity contribution in [2.75, 3.05) is 19.1 Å². The monoisotopic (exact) mass is 180 g/mol. The predicted octanol–water partition coefficient (Wildman–Crippen LogP) is 0.582. The number of alkyl halides is 1. The van der Waals surface area contributed by atoms with Gasteiger partial charge >= 0.3 is 0 Å². The van der Waals surface area contributed by atoms with Crippen molar-refractivity contribution < 1.29 is 14.6 Å². The van der Waals surface area contributed by atoms with E-state index in [4.69, 9.17) is 21.4 Å². The molecule has 0 aliphatic carbocycles. The van der Waals surface area contributed by atoms with Gasteiger partial charge in [0.2, 0.25) is 0 Å². The van der Waals surface area contributed by atoms with Crippen LogP contribution in [0.1, 0.15) is 13.3 Å². The van der Waals surface area contributed by atoms with Gasteiger partial charge in [0.15, 0.2) is 0 Å². The van der Waals surface area contributed by atoms with E-state index in [-0.39, 0.29) is 24.9 Å². The number of Topliss-reactive ketones (excluding diaryl/α,β-unsaturated/α-hetero) is 1. The van der Waals surface area contributed by atoms with Crippen molar-refractivity contribution in [2.24, 2.45) is 0 Å². The molecule has 11 heavy (non-hydrogen) atoms. The van der Waals surface area contributed by atoms with Gasteiger partial charge in [-0.2, -0.15) is 0 Å². The summed E-state index contributed by atoms with van der Waals surface area (Å²) in [5.74, 6) is 0.396. The molecule has 1 N–H and O–H groups in total. The zero-order valence-corrected chi connectivity index (χ0v) is 7.30. The second kappa shape index (κ2) is 6.58. The summed E-state index contributed by atoms with van der Waals surface area (Å²) in [6, 6.07) is 0. The molecule has 0 saturated heterocycles. The fraction of sp³-hybridized carbons (Fsp3) is 0.857. The molecule has 0 aliphatic rings. The molecule has 0 rings (SSSR count). The molecule has 0 aliphatic heterocycles. The van der Waals surface area contributed by atoms with Gasteiger partial charge in [-0.15, -0.1) is 11.6 Å². The van der Waals surface area contributed by atoms with Gasteiger partial charge in [0.1, 0.15) is 5.78 Å². The lowest BCUT2D eigenvalue weighted by molar-refractivity contribution is -0.120. The molecular weight excluding hydrogens is 168 g/mol. The highest BCUT2D eigenvalue weighted by Gasteiger charge is 2.09. The molecule has 0 fully saturated rings. The zero-order chi connectivity index (χ0) is 8.69. The van der Waals surface area contributed by atoms with E-state index in [9.17, 15) is 4.79 Å². The molecule has 0 aromatic heterocycles. The lowest BCUT2D eigenvalue weighted by Crippen LogP contribution is -2.21. The minimum Gasteiger partial charge on any atom is -0.394 e. The fourth-order valence-electron chi connectivity index (χ4n) is 0.708. The molecule has 1 unspecified atom stereocenters. The van der Waals surface area contributed by atoms with Gasteiger partial charge in [0.05, 0.1) is 19.3 Å². The third kappa shape index (κ3) is 6.28. The van der Waals surface area contributed by atoms with Crippen LogP contribution in [0.4, 0.5) is 0 Å². The fourth-order valence-corrected chi connectivity index (χ4v) is 0.797. The van der Waals surface area contributed by atoms with Crippen LogP contribution in [0.2, 0.25) is 0 Å². The standard InChI is InChI=1S/C7H13ClO3/c1-6(10)4-7(5-9)11-3-2-8/h7,9H,2-5H2,1H3. The van der Waals surface area contributed by atoms with E-state index >= 15 is 0 Å². The largest absolute Gasteiger partial charge is 0.394 e. The highest BCUT2D eigenvalue weighted by molar-refractivity contribution is 6.17. The Labute approximate surface area is 71.3 Å². The zero-order valence-electron chi connectivity index (χ0n) is 6.55. The summed E-state index contributed by atoms with van der Waals surface area (Å²) in [4.78, 5) is 10.6. The summed E-state index contributed by atoms with van der Waals surface area (Å²) in [5.41, 5.74) is 0. The summed E-state index contributed by atoms with van der Waals surface area (Å²) in [7, 11) is 0. The summed E-state index contributed by atoms with van der Waals surface area (Å²) in [6.45, 7) is 1.71. The van der Waals surface area contributed by atoms with Crippen LogP contribution in [0.3, 0.4) is 0 Å². The van der Waals surface area contributed by atoms with Gasteiger partial charge in [-0.25, -0.2) is 0 Å². The lowest BCUT2D eigenvalue weighted by Gasteiger charge is -2.11. The minimum atomic E-state index is -0.383. The first-order valence-electron chi connectivity index (χ1n) is 3.48. The second-order valence-electron chi connectivity index (χ2n) is 2.27. The van der Waals surface area contributed by atoms with Crippen LogP contribution < -0.4 is 0 Å². The maximum absolute atomic E-state index is 10.6. The number of aliphatic hydroxyl groups excluding tert-OH is 1. The number of rotatable bonds is 6. The van der Waals surface area contributed by atoms with Gasteiger partial charge in [0, 0.05) is 12.3 Å². The number of carbonyl (C=O) groups excluding carboxylic acids is 1. The van der Waals surface area contributed by atoms with Crippen LogP contribution in [-0.4, -0.2) is 36.1 Å². The molecule has 0 amide bonds. The Hall–Kier alpha value is -0.120. The third-order valence-electron chi connectivity index (χ3n) is 1.15. The molecule has 3 nitrogen and oxygen atoms in total. The van der Waals surface area contributed by atoms with Gasteiger partial charge in [-0.3, -0.25) is 4.79 Å². The molecule has 0 heterocycles. The number of ether oxygens (including phenoxy) is 1. The third-order valence-corrected chi connectivity index (χ3v) is 1.30. The molecular formula is C7H13ClO3. The lowest BCUT2D eigenvalue weighted by atomic mass is 10.2. The average molecular weight is 181 g/mol. The summed E-state index contributed by atoms with van der Waals surface area (Å²) in [5, 5.41) is 8.68. The topological polar surface area (TPSA) is 46.5 Å². The van der Waals surface area contributed by atoms with E-state index in [1.807, 2.05) is 0 Å². The number of halogens is 1. The number of ketones is 1. The molecule has 0 aromatic rings. The quantitative estimate of drug-likeness (QED) is 0.609. The van der Waals surface area contributed by atoms with Crippen LogP contribution in [-0.2, 0) is 9.53 Å². The van der Waals surface area contributed by atoms with Gasteiger partial charge in [-0.05, 0) is 6.92 Å². The van der Waals surface area contributed by atoms with Crippen molar-refractivity contribution in [3.05, 3.63) is 0 Å². The molecule has 66 valence electrons. The number of carbonyl (C=O) groups is 1. The van der Waals surface area contributed by atoms with Crippen molar-refractivity contribution in [2.45, 2.75) is 19.4 Å². The van der Waals surface area contributed by atoms with Crippen LogP contribution in [0, 0.1) is 0 Å². The maximum atomic E-state index is 10.6. The average Bonchev–Trinajstić information content (AvgIpc) is 1.97. The van der Waals surface area contributed by atoms with Crippen LogP contribution in [0.25, 0.3) is 0 Å². The first-order chi connectivity index (χ1) is 5.20. The van der Waals surface area contributed by atoms with E-state index in [0.29, 0.717) is 12.5 Å². The SMILES string of the molecule is CC(=O)CC(CO)OCCCl.